The Bertz CT molecular complexity index is 1120. The Balaban J connectivity index is 1.56. The SMILES string of the molecule is CC[C@H]1C[C@@H](NS(=O)(=O)C2CC2)C[C@]1(C)c1nnc2cnc3[nH]ccc3n12. The molecule has 0 aliphatic heterocycles. The topological polar surface area (TPSA) is 105 Å². The minimum absolute atomic E-state index is 0.0542. The third kappa shape index (κ3) is 2.59. The predicted molar refractivity (Wildman–Crippen MR) is 102 cm³/mol. The van der Waals surface area contributed by atoms with Crippen LogP contribution in [-0.2, 0) is 15.4 Å². The van der Waals surface area contributed by atoms with Crippen molar-refractivity contribution in [3.8, 4) is 0 Å². The van der Waals surface area contributed by atoms with Crippen LogP contribution in [0.25, 0.3) is 16.8 Å². The van der Waals surface area contributed by atoms with E-state index in [1.807, 2.05) is 12.3 Å². The Morgan fingerprint density at radius 3 is 2.93 bits per heavy atom. The summed E-state index contributed by atoms with van der Waals surface area (Å²) in [6.45, 7) is 4.36. The van der Waals surface area contributed by atoms with Crippen LogP contribution in [0.3, 0.4) is 0 Å². The number of fused-ring (bicyclic) bond motifs is 3. The molecule has 2 aliphatic carbocycles. The molecule has 0 spiro atoms. The molecule has 3 heterocycles. The maximum Gasteiger partial charge on any atom is 0.214 e. The molecule has 0 saturated heterocycles. The molecule has 5 rings (SSSR count). The average Bonchev–Trinajstić information content (AvgIpc) is 3.11. The lowest BCUT2D eigenvalue weighted by atomic mass is 9.77. The van der Waals surface area contributed by atoms with Gasteiger partial charge in [-0.3, -0.25) is 4.40 Å². The lowest BCUT2D eigenvalue weighted by molar-refractivity contribution is 0.315. The van der Waals surface area contributed by atoms with E-state index in [4.69, 9.17) is 0 Å². The molecular weight excluding hydrogens is 364 g/mol. The monoisotopic (exact) mass is 388 g/mol. The Morgan fingerprint density at radius 1 is 1.37 bits per heavy atom. The van der Waals surface area contributed by atoms with E-state index in [1.165, 1.54) is 0 Å². The number of hydrogen-bond acceptors (Lipinski definition) is 5. The molecular formula is C18H24N6O2S. The first-order valence-corrected chi connectivity index (χ1v) is 11.2. The maximum atomic E-state index is 12.4. The number of rotatable bonds is 5. The Morgan fingerprint density at radius 2 is 2.19 bits per heavy atom. The molecule has 0 unspecified atom stereocenters. The summed E-state index contributed by atoms with van der Waals surface area (Å²) in [5, 5.41) is 8.69. The normalized spacial score (nSPS) is 29.1. The number of sulfonamides is 1. The Labute approximate surface area is 157 Å². The second-order valence-corrected chi connectivity index (χ2v) is 10.2. The van der Waals surface area contributed by atoms with Crippen LogP contribution in [0.1, 0.15) is 51.8 Å². The van der Waals surface area contributed by atoms with Gasteiger partial charge in [0.1, 0.15) is 5.82 Å². The minimum Gasteiger partial charge on any atom is -0.345 e. The third-order valence-corrected chi connectivity index (χ3v) is 8.39. The van der Waals surface area contributed by atoms with Gasteiger partial charge in [-0.15, -0.1) is 10.2 Å². The summed E-state index contributed by atoms with van der Waals surface area (Å²) >= 11 is 0. The number of nitrogens with zero attached hydrogens (tertiary/aromatic N) is 4. The second kappa shape index (κ2) is 5.75. The lowest BCUT2D eigenvalue weighted by Crippen LogP contribution is -2.36. The smallest absolute Gasteiger partial charge is 0.214 e. The standard InChI is InChI=1S/C18H24N6O2S/c1-3-11-8-12(23-27(25,26)13-4-5-13)9-18(11,2)17-22-21-15-10-20-16-14(24(15)17)6-7-19-16/h6-7,10-13,19,23H,3-5,8-9H2,1-2H3/t11-,12+,18-/m0/s1. The fraction of sp³-hybridized carbons (Fsp3) is 0.611. The zero-order valence-electron chi connectivity index (χ0n) is 15.5. The van der Waals surface area contributed by atoms with Crippen molar-refractivity contribution in [2.24, 2.45) is 5.92 Å². The minimum atomic E-state index is -3.20. The van der Waals surface area contributed by atoms with Gasteiger partial charge < -0.3 is 4.98 Å². The van der Waals surface area contributed by atoms with Gasteiger partial charge in [0.2, 0.25) is 10.0 Å². The highest BCUT2D eigenvalue weighted by atomic mass is 32.2. The molecule has 0 bridgehead atoms. The first-order chi connectivity index (χ1) is 12.9. The van der Waals surface area contributed by atoms with Crippen LogP contribution < -0.4 is 4.72 Å². The van der Waals surface area contributed by atoms with Crippen LogP contribution in [0.15, 0.2) is 18.5 Å². The van der Waals surface area contributed by atoms with Crippen molar-refractivity contribution in [1.29, 1.82) is 0 Å². The van der Waals surface area contributed by atoms with E-state index < -0.39 is 10.0 Å². The molecule has 0 radical (unpaired) electrons. The van der Waals surface area contributed by atoms with Gasteiger partial charge in [0.15, 0.2) is 11.3 Å². The Hall–Kier alpha value is -2.00. The van der Waals surface area contributed by atoms with E-state index in [0.29, 0.717) is 5.92 Å². The van der Waals surface area contributed by atoms with Crippen LogP contribution in [-0.4, -0.2) is 44.3 Å². The van der Waals surface area contributed by atoms with E-state index in [9.17, 15) is 8.42 Å². The molecule has 0 aromatic carbocycles. The average molecular weight is 388 g/mol. The number of aromatic amines is 1. The number of H-pyrrole nitrogens is 1. The molecule has 8 nitrogen and oxygen atoms in total. The molecule has 2 N–H and O–H groups in total. The maximum absolute atomic E-state index is 12.4. The van der Waals surface area contributed by atoms with Crippen molar-refractivity contribution in [3.63, 3.8) is 0 Å². The zero-order valence-corrected chi connectivity index (χ0v) is 16.3. The third-order valence-electron chi connectivity index (χ3n) is 6.38. The van der Waals surface area contributed by atoms with Gasteiger partial charge in [0.05, 0.1) is 17.0 Å². The summed E-state index contributed by atoms with van der Waals surface area (Å²) < 4.78 is 29.9. The van der Waals surface area contributed by atoms with E-state index >= 15 is 0 Å². The van der Waals surface area contributed by atoms with Gasteiger partial charge in [-0.25, -0.2) is 18.1 Å². The largest absolute Gasteiger partial charge is 0.345 e. The van der Waals surface area contributed by atoms with Gasteiger partial charge >= 0.3 is 0 Å². The zero-order chi connectivity index (χ0) is 18.8. The van der Waals surface area contributed by atoms with Crippen molar-refractivity contribution >= 4 is 26.8 Å². The Kier molecular flexibility index (Phi) is 3.64. The number of hydrogen-bond donors (Lipinski definition) is 2. The highest BCUT2D eigenvalue weighted by Gasteiger charge is 2.49. The molecule has 144 valence electrons. The van der Waals surface area contributed by atoms with Crippen LogP contribution in [0, 0.1) is 5.92 Å². The van der Waals surface area contributed by atoms with Crippen LogP contribution in [0.5, 0.6) is 0 Å². The fourth-order valence-corrected chi connectivity index (χ4v) is 6.39. The van der Waals surface area contributed by atoms with Crippen LogP contribution in [0.4, 0.5) is 0 Å². The first kappa shape index (κ1) is 17.1. The summed E-state index contributed by atoms with van der Waals surface area (Å²) in [4.78, 5) is 7.53. The fourth-order valence-electron chi connectivity index (χ4n) is 4.80. The van der Waals surface area contributed by atoms with Crippen molar-refractivity contribution in [2.75, 3.05) is 0 Å². The molecule has 3 aromatic rings. The van der Waals surface area contributed by atoms with Gasteiger partial charge in [-0.1, -0.05) is 20.3 Å². The van der Waals surface area contributed by atoms with E-state index in [1.54, 1.807) is 6.20 Å². The molecule has 27 heavy (non-hydrogen) atoms. The van der Waals surface area contributed by atoms with E-state index in [0.717, 1.165) is 54.7 Å². The van der Waals surface area contributed by atoms with E-state index in [-0.39, 0.29) is 16.7 Å². The van der Waals surface area contributed by atoms with E-state index in [2.05, 4.69) is 43.1 Å². The molecule has 0 amide bonds. The van der Waals surface area contributed by atoms with Gasteiger partial charge in [-0.2, -0.15) is 0 Å². The van der Waals surface area contributed by atoms with Crippen molar-refractivity contribution in [3.05, 3.63) is 24.3 Å². The first-order valence-electron chi connectivity index (χ1n) is 9.61. The summed E-state index contributed by atoms with van der Waals surface area (Å²) in [7, 11) is -3.20. The lowest BCUT2D eigenvalue weighted by Gasteiger charge is -2.29. The van der Waals surface area contributed by atoms with Crippen LogP contribution in [0.2, 0.25) is 0 Å². The summed E-state index contributed by atoms with van der Waals surface area (Å²) in [6, 6.07) is 1.93. The van der Waals surface area contributed by atoms with Crippen molar-refractivity contribution in [1.82, 2.24) is 29.3 Å². The highest BCUT2D eigenvalue weighted by Crippen LogP contribution is 2.47. The summed E-state index contributed by atoms with van der Waals surface area (Å²) in [5.74, 6) is 1.23. The summed E-state index contributed by atoms with van der Waals surface area (Å²) in [5.41, 5.74) is 2.21. The van der Waals surface area contributed by atoms with Gasteiger partial charge in [-0.05, 0) is 37.7 Å². The number of aromatic nitrogens is 5. The highest BCUT2D eigenvalue weighted by molar-refractivity contribution is 7.90. The van der Waals surface area contributed by atoms with Gasteiger partial charge in [0.25, 0.3) is 0 Å². The molecule has 9 heteroatoms. The van der Waals surface area contributed by atoms with Crippen molar-refractivity contribution in [2.45, 2.75) is 62.7 Å². The molecule has 3 atom stereocenters. The predicted octanol–water partition coefficient (Wildman–Crippen LogP) is 2.13. The molecule has 2 fully saturated rings. The van der Waals surface area contributed by atoms with Gasteiger partial charge in [0, 0.05) is 17.7 Å². The molecule has 3 aromatic heterocycles. The quantitative estimate of drug-likeness (QED) is 0.697. The van der Waals surface area contributed by atoms with Crippen molar-refractivity contribution < 1.29 is 8.42 Å². The molecule has 2 saturated carbocycles. The summed E-state index contributed by atoms with van der Waals surface area (Å²) in [6.07, 6.45) is 7.67. The second-order valence-electron chi connectivity index (χ2n) is 8.21. The number of nitrogens with one attached hydrogen (secondary N) is 2. The van der Waals surface area contributed by atoms with Crippen LogP contribution >= 0.6 is 0 Å². The molecule has 2 aliphatic rings.